The van der Waals surface area contributed by atoms with Crippen molar-refractivity contribution in [2.75, 3.05) is 18.6 Å². The highest BCUT2D eigenvalue weighted by molar-refractivity contribution is 7.98. The molecule has 0 spiro atoms. The molecule has 2 nitrogen and oxygen atoms in total. The molecule has 0 aliphatic heterocycles. The van der Waals surface area contributed by atoms with Crippen LogP contribution < -0.4 is 5.90 Å². The summed E-state index contributed by atoms with van der Waals surface area (Å²) in [5.41, 5.74) is 0. The normalized spacial score (nSPS) is 13.7. The topological polar surface area (TPSA) is 35.2 Å². The van der Waals surface area contributed by atoms with Crippen LogP contribution in [-0.2, 0) is 4.84 Å². The standard InChI is InChI=1S/C6H15NOS/c1-6(5-8-7)3-4-9-2/h6H,3-5,7H2,1-2H3. The molecule has 0 aliphatic carbocycles. The van der Waals surface area contributed by atoms with Crippen LogP contribution in [0.4, 0.5) is 0 Å². The molecule has 0 radical (unpaired) electrons. The highest BCUT2D eigenvalue weighted by Gasteiger charge is 1.98. The van der Waals surface area contributed by atoms with Crippen LogP contribution in [-0.4, -0.2) is 18.6 Å². The van der Waals surface area contributed by atoms with Gasteiger partial charge in [0.25, 0.3) is 0 Å². The first kappa shape index (κ1) is 9.27. The lowest BCUT2D eigenvalue weighted by molar-refractivity contribution is 0.106. The van der Waals surface area contributed by atoms with E-state index in [0.717, 1.165) is 0 Å². The van der Waals surface area contributed by atoms with E-state index in [1.54, 1.807) is 0 Å². The molecule has 0 aromatic rings. The minimum atomic E-state index is 0.599. The molecule has 9 heavy (non-hydrogen) atoms. The lowest BCUT2D eigenvalue weighted by Crippen LogP contribution is -2.10. The van der Waals surface area contributed by atoms with E-state index in [9.17, 15) is 0 Å². The van der Waals surface area contributed by atoms with Crippen molar-refractivity contribution in [2.45, 2.75) is 13.3 Å². The van der Waals surface area contributed by atoms with Gasteiger partial charge >= 0.3 is 0 Å². The molecule has 0 aromatic carbocycles. The van der Waals surface area contributed by atoms with Crippen LogP contribution in [0.15, 0.2) is 0 Å². The fourth-order valence-corrected chi connectivity index (χ4v) is 1.20. The number of rotatable bonds is 5. The van der Waals surface area contributed by atoms with E-state index in [0.29, 0.717) is 12.5 Å². The molecule has 3 heteroatoms. The molecule has 0 aliphatic rings. The molecule has 2 N–H and O–H groups in total. The lowest BCUT2D eigenvalue weighted by atomic mass is 10.1. The Morgan fingerprint density at radius 2 is 2.33 bits per heavy atom. The summed E-state index contributed by atoms with van der Waals surface area (Å²) in [4.78, 5) is 4.49. The van der Waals surface area contributed by atoms with Crippen molar-refractivity contribution in [1.29, 1.82) is 0 Å². The van der Waals surface area contributed by atoms with Crippen molar-refractivity contribution < 1.29 is 4.84 Å². The molecule has 0 rings (SSSR count). The molecule has 56 valence electrons. The molecule has 0 aromatic heterocycles. The Kier molecular flexibility index (Phi) is 6.58. The molecule has 0 bridgehead atoms. The first-order valence-corrected chi connectivity index (χ1v) is 4.51. The van der Waals surface area contributed by atoms with Gasteiger partial charge in [0, 0.05) is 0 Å². The third-order valence-corrected chi connectivity index (χ3v) is 1.84. The van der Waals surface area contributed by atoms with Gasteiger partial charge in [-0.2, -0.15) is 11.8 Å². The summed E-state index contributed by atoms with van der Waals surface area (Å²) in [7, 11) is 0. The second-order valence-electron chi connectivity index (χ2n) is 2.22. The van der Waals surface area contributed by atoms with Crippen molar-refractivity contribution in [3.8, 4) is 0 Å². The maximum atomic E-state index is 4.89. The van der Waals surface area contributed by atoms with Crippen molar-refractivity contribution >= 4 is 11.8 Å². The van der Waals surface area contributed by atoms with Gasteiger partial charge in [-0.25, -0.2) is 5.90 Å². The highest BCUT2D eigenvalue weighted by Crippen LogP contribution is 2.05. The molecular formula is C6H15NOS. The number of hydrogen-bond acceptors (Lipinski definition) is 3. The summed E-state index contributed by atoms with van der Waals surface area (Å²) in [5, 5.41) is 0. The maximum Gasteiger partial charge on any atom is 0.0705 e. The Labute approximate surface area is 61.1 Å². The third kappa shape index (κ3) is 6.15. The number of nitrogens with two attached hydrogens (primary N) is 1. The predicted molar refractivity (Wildman–Crippen MR) is 42.3 cm³/mol. The molecule has 0 fully saturated rings. The van der Waals surface area contributed by atoms with Gasteiger partial charge in [0.15, 0.2) is 0 Å². The average molecular weight is 149 g/mol. The molecule has 0 saturated heterocycles. The van der Waals surface area contributed by atoms with Gasteiger partial charge in [-0.1, -0.05) is 6.92 Å². The zero-order valence-electron chi connectivity index (χ0n) is 6.09. The number of hydrogen-bond donors (Lipinski definition) is 1. The first-order valence-electron chi connectivity index (χ1n) is 3.12. The van der Waals surface area contributed by atoms with Crippen molar-refractivity contribution in [2.24, 2.45) is 11.8 Å². The average Bonchev–Trinajstić information content (AvgIpc) is 1.85. The maximum absolute atomic E-state index is 4.89. The highest BCUT2D eigenvalue weighted by atomic mass is 32.2. The largest absolute Gasteiger partial charge is 0.304 e. The fourth-order valence-electron chi connectivity index (χ4n) is 0.567. The van der Waals surface area contributed by atoms with Crippen LogP contribution >= 0.6 is 11.8 Å². The SMILES string of the molecule is CSCCC(C)CON. The summed E-state index contributed by atoms with van der Waals surface area (Å²) in [6.45, 7) is 2.82. The molecule has 0 amide bonds. The molecule has 0 saturated carbocycles. The van der Waals surface area contributed by atoms with Gasteiger partial charge in [0.1, 0.15) is 0 Å². The Bertz CT molecular complexity index is 61.0. The quantitative estimate of drug-likeness (QED) is 0.598. The van der Waals surface area contributed by atoms with Gasteiger partial charge in [-0.05, 0) is 24.3 Å². The van der Waals surface area contributed by atoms with Crippen LogP contribution in [0.5, 0.6) is 0 Å². The second-order valence-corrected chi connectivity index (χ2v) is 3.21. The van der Waals surface area contributed by atoms with Crippen LogP contribution in [0.3, 0.4) is 0 Å². The third-order valence-electron chi connectivity index (χ3n) is 1.20. The van der Waals surface area contributed by atoms with E-state index in [2.05, 4.69) is 18.0 Å². The van der Waals surface area contributed by atoms with Crippen molar-refractivity contribution in [1.82, 2.24) is 0 Å². The predicted octanol–water partition coefficient (Wildman–Crippen LogP) is 1.27. The van der Waals surface area contributed by atoms with Gasteiger partial charge in [-0.3, -0.25) is 0 Å². The summed E-state index contributed by atoms with van der Waals surface area (Å²) < 4.78 is 0. The van der Waals surface area contributed by atoms with E-state index in [4.69, 9.17) is 5.90 Å². The monoisotopic (exact) mass is 149 g/mol. The smallest absolute Gasteiger partial charge is 0.0705 e. The summed E-state index contributed by atoms with van der Waals surface area (Å²) in [6.07, 6.45) is 3.30. The minimum absolute atomic E-state index is 0.599. The van der Waals surface area contributed by atoms with E-state index in [1.165, 1.54) is 12.2 Å². The zero-order chi connectivity index (χ0) is 7.11. The first-order chi connectivity index (χ1) is 4.31. The number of thioether (sulfide) groups is 1. The van der Waals surface area contributed by atoms with E-state index in [1.807, 2.05) is 11.8 Å². The van der Waals surface area contributed by atoms with Crippen molar-refractivity contribution in [3.05, 3.63) is 0 Å². The molecule has 0 heterocycles. The summed E-state index contributed by atoms with van der Waals surface area (Å²) in [5.74, 6) is 6.69. The fraction of sp³-hybridized carbons (Fsp3) is 1.00. The van der Waals surface area contributed by atoms with E-state index >= 15 is 0 Å². The Hall–Kier alpha value is 0.270. The second kappa shape index (κ2) is 6.39. The summed E-state index contributed by atoms with van der Waals surface area (Å²) >= 11 is 1.86. The van der Waals surface area contributed by atoms with Crippen LogP contribution in [0.2, 0.25) is 0 Å². The zero-order valence-corrected chi connectivity index (χ0v) is 6.91. The minimum Gasteiger partial charge on any atom is -0.304 e. The van der Waals surface area contributed by atoms with Crippen molar-refractivity contribution in [3.63, 3.8) is 0 Å². The van der Waals surface area contributed by atoms with Crippen LogP contribution in [0, 0.1) is 5.92 Å². The van der Waals surface area contributed by atoms with E-state index in [-0.39, 0.29) is 0 Å². The van der Waals surface area contributed by atoms with Crippen LogP contribution in [0.1, 0.15) is 13.3 Å². The van der Waals surface area contributed by atoms with E-state index < -0.39 is 0 Å². The van der Waals surface area contributed by atoms with Gasteiger partial charge < -0.3 is 4.84 Å². The Balaban J connectivity index is 2.95. The van der Waals surface area contributed by atoms with Gasteiger partial charge in [-0.15, -0.1) is 0 Å². The molecule has 1 atom stereocenters. The lowest BCUT2D eigenvalue weighted by Gasteiger charge is -2.06. The summed E-state index contributed by atoms with van der Waals surface area (Å²) in [6, 6.07) is 0. The van der Waals surface area contributed by atoms with Gasteiger partial charge in [0.2, 0.25) is 0 Å². The Morgan fingerprint density at radius 3 is 2.78 bits per heavy atom. The van der Waals surface area contributed by atoms with Crippen LogP contribution in [0.25, 0.3) is 0 Å². The molecular weight excluding hydrogens is 134 g/mol. The Morgan fingerprint density at radius 1 is 1.67 bits per heavy atom. The van der Waals surface area contributed by atoms with Gasteiger partial charge in [0.05, 0.1) is 6.61 Å². The molecule has 1 unspecified atom stereocenters.